The number of rotatable bonds is 27. The summed E-state index contributed by atoms with van der Waals surface area (Å²) in [6, 6.07) is 0. The minimum atomic E-state index is 0.385. The lowest BCUT2D eigenvalue weighted by molar-refractivity contribution is -0.0206. The van der Waals surface area contributed by atoms with Crippen LogP contribution in [0.3, 0.4) is 0 Å². The molecule has 0 aromatic heterocycles. The molecule has 0 unspecified atom stereocenters. The second-order valence-electron chi connectivity index (χ2n) is 6.54. The maximum Gasteiger partial charge on any atom is 0.0913 e. The first-order valence-electron chi connectivity index (χ1n) is 11.0. The number of hydrogen-bond acceptors (Lipinski definition) is 10. The fourth-order valence-electron chi connectivity index (χ4n) is 2.41. The fraction of sp³-hybridized carbons (Fsp3) is 1.00. The molecule has 0 saturated heterocycles. The van der Waals surface area contributed by atoms with Crippen LogP contribution in [-0.4, -0.2) is 92.5 Å². The van der Waals surface area contributed by atoms with Gasteiger partial charge in [-0.2, -0.15) is 0 Å². The zero-order valence-corrected chi connectivity index (χ0v) is 18.6. The van der Waals surface area contributed by atoms with Gasteiger partial charge in [-0.25, -0.2) is 11.8 Å². The first kappa shape index (κ1) is 29.6. The number of ether oxygens (including phenoxy) is 6. The van der Waals surface area contributed by atoms with Crippen LogP contribution in [0.1, 0.15) is 38.5 Å². The highest BCUT2D eigenvalue weighted by Gasteiger charge is 1.95. The molecule has 182 valence electrons. The van der Waals surface area contributed by atoms with Crippen LogP contribution in [0.4, 0.5) is 0 Å². The molecule has 0 aliphatic carbocycles. The first-order valence-corrected chi connectivity index (χ1v) is 11.0. The van der Waals surface area contributed by atoms with Gasteiger partial charge in [-0.15, -0.1) is 0 Å². The van der Waals surface area contributed by atoms with Crippen molar-refractivity contribution in [2.45, 2.75) is 38.5 Å². The third-order valence-electron chi connectivity index (χ3n) is 4.01. The molecular formula is C20H44N2O8. The van der Waals surface area contributed by atoms with Crippen molar-refractivity contribution >= 4 is 0 Å². The smallest absolute Gasteiger partial charge is 0.0913 e. The minimum absolute atomic E-state index is 0.385. The van der Waals surface area contributed by atoms with Gasteiger partial charge >= 0.3 is 0 Å². The Bertz CT molecular complexity index is 276. The zero-order valence-electron chi connectivity index (χ0n) is 18.6. The maximum absolute atomic E-state index is 5.55. The van der Waals surface area contributed by atoms with Crippen LogP contribution in [0.25, 0.3) is 0 Å². The summed E-state index contributed by atoms with van der Waals surface area (Å²) in [7, 11) is 0. The van der Waals surface area contributed by atoms with E-state index in [-0.39, 0.29) is 0 Å². The van der Waals surface area contributed by atoms with Gasteiger partial charge in [0.1, 0.15) is 0 Å². The van der Waals surface area contributed by atoms with E-state index < -0.39 is 0 Å². The van der Waals surface area contributed by atoms with Gasteiger partial charge in [0.15, 0.2) is 0 Å². The third kappa shape index (κ3) is 27.6. The maximum atomic E-state index is 5.55. The van der Waals surface area contributed by atoms with Gasteiger partial charge in [-0.3, -0.25) is 0 Å². The van der Waals surface area contributed by atoms with Gasteiger partial charge in [-0.05, 0) is 12.8 Å². The van der Waals surface area contributed by atoms with E-state index in [1.54, 1.807) is 0 Å². The van der Waals surface area contributed by atoms with E-state index in [1.807, 2.05) is 0 Å². The van der Waals surface area contributed by atoms with E-state index in [1.165, 1.54) is 25.7 Å². The molecule has 0 rings (SSSR count). The Balaban J connectivity index is 2.97. The van der Waals surface area contributed by atoms with Crippen molar-refractivity contribution in [1.29, 1.82) is 0 Å². The van der Waals surface area contributed by atoms with Crippen molar-refractivity contribution in [3.63, 3.8) is 0 Å². The quantitative estimate of drug-likeness (QED) is 0.142. The highest BCUT2D eigenvalue weighted by Crippen LogP contribution is 2.05. The molecule has 0 fully saturated rings. The molecular weight excluding hydrogens is 396 g/mol. The van der Waals surface area contributed by atoms with Crippen LogP contribution in [0, 0.1) is 0 Å². The average Bonchev–Trinajstić information content (AvgIpc) is 2.76. The van der Waals surface area contributed by atoms with Gasteiger partial charge in [0.05, 0.1) is 85.9 Å². The Labute approximate surface area is 181 Å². The predicted molar refractivity (Wildman–Crippen MR) is 113 cm³/mol. The van der Waals surface area contributed by atoms with E-state index in [0.29, 0.717) is 85.9 Å². The highest BCUT2D eigenvalue weighted by atomic mass is 16.6. The summed E-state index contributed by atoms with van der Waals surface area (Å²) in [5.74, 6) is 9.86. The SMILES string of the molecule is NOCCCCCCCCOCCOCCOCCOCCOCCOCCON. The summed E-state index contributed by atoms with van der Waals surface area (Å²) < 4.78 is 32.4. The first-order chi connectivity index (χ1) is 14.9. The minimum Gasteiger partial charge on any atom is -0.379 e. The second kappa shape index (κ2) is 28.6. The lowest BCUT2D eigenvalue weighted by Crippen LogP contribution is -2.15. The normalized spacial score (nSPS) is 11.4. The van der Waals surface area contributed by atoms with Gasteiger partial charge in [0.25, 0.3) is 0 Å². The molecule has 0 saturated carbocycles. The largest absolute Gasteiger partial charge is 0.379 e. The van der Waals surface area contributed by atoms with Crippen LogP contribution in [0.5, 0.6) is 0 Å². The van der Waals surface area contributed by atoms with Crippen LogP contribution < -0.4 is 11.8 Å². The van der Waals surface area contributed by atoms with Crippen molar-refractivity contribution in [3.05, 3.63) is 0 Å². The average molecular weight is 441 g/mol. The Morgan fingerprint density at radius 2 is 0.533 bits per heavy atom. The zero-order chi connectivity index (χ0) is 21.8. The molecule has 0 aromatic rings. The molecule has 0 bridgehead atoms. The predicted octanol–water partition coefficient (Wildman–Crippen LogP) is 1.21. The van der Waals surface area contributed by atoms with Crippen LogP contribution in [0.2, 0.25) is 0 Å². The fourth-order valence-corrected chi connectivity index (χ4v) is 2.41. The van der Waals surface area contributed by atoms with Gasteiger partial charge in [-0.1, -0.05) is 25.7 Å². The molecule has 4 N–H and O–H groups in total. The molecule has 0 radical (unpaired) electrons. The Morgan fingerprint density at radius 3 is 0.900 bits per heavy atom. The number of unbranched alkanes of at least 4 members (excludes halogenated alkanes) is 5. The van der Waals surface area contributed by atoms with Crippen molar-refractivity contribution < 1.29 is 38.1 Å². The number of nitrogens with two attached hydrogens (primary N) is 2. The van der Waals surface area contributed by atoms with Gasteiger partial charge in [0.2, 0.25) is 0 Å². The Morgan fingerprint density at radius 1 is 0.267 bits per heavy atom. The summed E-state index contributed by atoms with van der Waals surface area (Å²) >= 11 is 0. The molecule has 0 atom stereocenters. The van der Waals surface area contributed by atoms with Gasteiger partial charge < -0.3 is 38.1 Å². The van der Waals surface area contributed by atoms with E-state index in [9.17, 15) is 0 Å². The third-order valence-corrected chi connectivity index (χ3v) is 4.01. The molecule has 0 aromatic carbocycles. The molecule has 30 heavy (non-hydrogen) atoms. The van der Waals surface area contributed by atoms with Crippen LogP contribution >= 0.6 is 0 Å². The summed E-state index contributed by atoms with van der Waals surface area (Å²) in [6.45, 7) is 7.84. The molecule has 10 nitrogen and oxygen atoms in total. The van der Waals surface area contributed by atoms with Crippen LogP contribution in [-0.2, 0) is 38.1 Å². The lowest BCUT2D eigenvalue weighted by Gasteiger charge is -2.08. The standard InChI is InChI=1S/C20H44N2O8/c21-29-8-6-4-2-1-3-5-7-23-9-10-24-11-12-25-13-14-26-15-16-27-17-18-28-19-20-30-22/h1-22H2. The number of hydrogen-bond donors (Lipinski definition) is 2. The van der Waals surface area contributed by atoms with Crippen molar-refractivity contribution in [1.82, 2.24) is 0 Å². The summed E-state index contributed by atoms with van der Waals surface area (Å²) in [5, 5.41) is 0. The van der Waals surface area contributed by atoms with Crippen molar-refractivity contribution in [2.75, 3.05) is 92.5 Å². The lowest BCUT2D eigenvalue weighted by atomic mass is 10.1. The summed E-state index contributed by atoms with van der Waals surface area (Å²) in [6.07, 6.45) is 6.98. The molecule has 0 aliphatic heterocycles. The Kier molecular flexibility index (Phi) is 28.2. The van der Waals surface area contributed by atoms with Crippen molar-refractivity contribution in [2.24, 2.45) is 11.8 Å². The topological polar surface area (TPSA) is 126 Å². The molecule has 0 amide bonds. The molecule has 10 heteroatoms. The highest BCUT2D eigenvalue weighted by molar-refractivity contribution is 4.45. The van der Waals surface area contributed by atoms with Crippen LogP contribution in [0.15, 0.2) is 0 Å². The molecule has 0 aliphatic rings. The molecule has 0 spiro atoms. The van der Waals surface area contributed by atoms with Gasteiger partial charge in [0, 0.05) is 6.61 Å². The van der Waals surface area contributed by atoms with E-state index in [4.69, 9.17) is 40.2 Å². The summed E-state index contributed by atoms with van der Waals surface area (Å²) in [5.41, 5.74) is 0. The summed E-state index contributed by atoms with van der Waals surface area (Å²) in [4.78, 5) is 8.92. The van der Waals surface area contributed by atoms with Crippen molar-refractivity contribution in [3.8, 4) is 0 Å². The molecule has 0 heterocycles. The second-order valence-corrected chi connectivity index (χ2v) is 6.54. The Hall–Kier alpha value is -0.400. The van der Waals surface area contributed by atoms with E-state index >= 15 is 0 Å². The monoisotopic (exact) mass is 440 g/mol. The van der Waals surface area contributed by atoms with E-state index in [0.717, 1.165) is 19.4 Å². The van der Waals surface area contributed by atoms with E-state index in [2.05, 4.69) is 9.68 Å².